The van der Waals surface area contributed by atoms with Gasteiger partial charge in [-0.05, 0) is 70.0 Å². The first-order chi connectivity index (χ1) is 17.4. The molecule has 36 heavy (non-hydrogen) atoms. The van der Waals surface area contributed by atoms with E-state index < -0.39 is 0 Å². The predicted octanol–water partition coefficient (Wildman–Crippen LogP) is 3.98. The van der Waals surface area contributed by atoms with Gasteiger partial charge in [0.1, 0.15) is 0 Å². The largest absolute Gasteiger partial charge is 0.466 e. The van der Waals surface area contributed by atoms with Gasteiger partial charge in [0, 0.05) is 12.0 Å². The van der Waals surface area contributed by atoms with E-state index in [0.717, 1.165) is 28.2 Å². The summed E-state index contributed by atoms with van der Waals surface area (Å²) in [5, 5.41) is 6.50. The first-order valence-corrected chi connectivity index (χ1v) is 12.7. The molecule has 0 saturated carbocycles. The number of carbonyl (C=O) groups is 2. The van der Waals surface area contributed by atoms with Crippen LogP contribution in [0.25, 0.3) is 0 Å². The highest BCUT2D eigenvalue weighted by atomic mass is 16.7. The molecule has 8 heteroatoms. The fourth-order valence-electron chi connectivity index (χ4n) is 5.27. The molecule has 0 aromatic heterocycles. The number of nitrogens with zero attached hydrogens (tertiary/aromatic N) is 3. The Bertz CT molecular complexity index is 1190. The van der Waals surface area contributed by atoms with Gasteiger partial charge in [0.25, 0.3) is 5.91 Å². The minimum atomic E-state index is -0.222. The van der Waals surface area contributed by atoms with Gasteiger partial charge in [-0.3, -0.25) is 14.5 Å². The molecule has 0 bridgehead atoms. The maximum atomic E-state index is 13.6. The number of fused-ring (bicyclic) bond motifs is 1. The van der Waals surface area contributed by atoms with Gasteiger partial charge in [0.15, 0.2) is 11.5 Å². The Labute approximate surface area is 211 Å². The molecule has 5 rings (SSSR count). The van der Waals surface area contributed by atoms with Crippen molar-refractivity contribution in [3.8, 4) is 11.5 Å². The normalized spacial score (nSPS) is 19.9. The number of likely N-dealkylation sites (tertiary alicyclic amines) is 1. The molecular formula is C28H33N3O5. The van der Waals surface area contributed by atoms with Crippen LogP contribution < -0.4 is 9.47 Å². The van der Waals surface area contributed by atoms with Gasteiger partial charge in [0.05, 0.1) is 30.8 Å². The summed E-state index contributed by atoms with van der Waals surface area (Å²) in [4.78, 5) is 27.8. The van der Waals surface area contributed by atoms with E-state index in [1.54, 1.807) is 5.01 Å². The van der Waals surface area contributed by atoms with Crippen LogP contribution >= 0.6 is 0 Å². The highest BCUT2D eigenvalue weighted by Gasteiger charge is 2.36. The predicted molar refractivity (Wildman–Crippen MR) is 135 cm³/mol. The molecule has 0 spiro atoms. The van der Waals surface area contributed by atoms with Crippen molar-refractivity contribution in [1.29, 1.82) is 0 Å². The van der Waals surface area contributed by atoms with Crippen molar-refractivity contribution in [1.82, 2.24) is 9.91 Å². The number of hydrazone groups is 1. The maximum absolute atomic E-state index is 13.6. The molecule has 2 aromatic rings. The maximum Gasteiger partial charge on any atom is 0.309 e. The third-order valence-electron chi connectivity index (χ3n) is 7.21. The van der Waals surface area contributed by atoms with E-state index in [1.807, 2.05) is 25.1 Å². The van der Waals surface area contributed by atoms with E-state index >= 15 is 0 Å². The quantitative estimate of drug-likeness (QED) is 0.569. The average molecular weight is 492 g/mol. The summed E-state index contributed by atoms with van der Waals surface area (Å²) >= 11 is 0. The average Bonchev–Trinajstić information content (AvgIpc) is 3.51. The zero-order valence-corrected chi connectivity index (χ0v) is 21.2. The number of ether oxygens (including phenoxy) is 3. The molecular weight excluding hydrogens is 458 g/mol. The molecule has 3 heterocycles. The topological polar surface area (TPSA) is 80.7 Å². The van der Waals surface area contributed by atoms with Crippen LogP contribution in [0.4, 0.5) is 0 Å². The molecule has 2 aromatic carbocycles. The number of benzene rings is 2. The lowest BCUT2D eigenvalue weighted by Crippen LogP contribution is -2.43. The van der Waals surface area contributed by atoms with Crippen molar-refractivity contribution in [2.24, 2.45) is 11.0 Å². The van der Waals surface area contributed by atoms with E-state index in [4.69, 9.17) is 19.3 Å². The Morgan fingerprint density at radius 2 is 1.83 bits per heavy atom. The van der Waals surface area contributed by atoms with E-state index in [1.165, 1.54) is 5.56 Å². The second-order valence-corrected chi connectivity index (χ2v) is 9.74. The van der Waals surface area contributed by atoms with Gasteiger partial charge in [-0.1, -0.05) is 29.8 Å². The second kappa shape index (κ2) is 10.3. The van der Waals surface area contributed by atoms with E-state index in [0.29, 0.717) is 44.7 Å². The Hall–Kier alpha value is -3.39. The smallest absolute Gasteiger partial charge is 0.309 e. The van der Waals surface area contributed by atoms with E-state index in [2.05, 4.69) is 36.9 Å². The van der Waals surface area contributed by atoms with Crippen LogP contribution in [0, 0.1) is 19.8 Å². The summed E-state index contributed by atoms with van der Waals surface area (Å²) in [6.45, 7) is 8.22. The summed E-state index contributed by atoms with van der Waals surface area (Å²) in [6, 6.07) is 11.9. The lowest BCUT2D eigenvalue weighted by Gasteiger charge is -2.32. The van der Waals surface area contributed by atoms with E-state index in [-0.39, 0.29) is 37.2 Å². The number of rotatable bonds is 6. The zero-order valence-electron chi connectivity index (χ0n) is 21.2. The first kappa shape index (κ1) is 24.3. The number of hydrogen-bond acceptors (Lipinski definition) is 7. The monoisotopic (exact) mass is 491 g/mol. The van der Waals surface area contributed by atoms with Crippen LogP contribution in [0.1, 0.15) is 54.5 Å². The number of carbonyl (C=O) groups excluding carboxylic acids is 2. The van der Waals surface area contributed by atoms with Crippen molar-refractivity contribution in [2.75, 3.05) is 33.0 Å². The summed E-state index contributed by atoms with van der Waals surface area (Å²) in [7, 11) is 0. The number of esters is 1. The van der Waals surface area contributed by atoms with Crippen molar-refractivity contribution >= 4 is 17.6 Å². The molecule has 1 fully saturated rings. The minimum Gasteiger partial charge on any atom is -0.466 e. The third-order valence-corrected chi connectivity index (χ3v) is 7.21. The standard InChI is InChI=1S/C28H33N3O5/c1-4-34-28(33)20-9-11-30(12-10-20)16-27(32)31-24(21-6-8-25-26(14-21)36-17-35-25)15-23(29-31)22-7-5-18(2)13-19(22)3/h5-8,13-14,20,24H,4,9-12,15-17H2,1-3H3. The van der Waals surface area contributed by atoms with Crippen molar-refractivity contribution in [3.05, 3.63) is 58.7 Å². The van der Waals surface area contributed by atoms with Crippen LogP contribution in [-0.2, 0) is 14.3 Å². The van der Waals surface area contributed by atoms with Gasteiger partial charge in [0.2, 0.25) is 6.79 Å². The van der Waals surface area contributed by atoms with Crippen LogP contribution in [-0.4, -0.2) is 60.5 Å². The molecule has 1 amide bonds. The van der Waals surface area contributed by atoms with E-state index in [9.17, 15) is 9.59 Å². The van der Waals surface area contributed by atoms with Gasteiger partial charge in [-0.15, -0.1) is 0 Å². The Balaban J connectivity index is 1.35. The van der Waals surface area contributed by atoms with Gasteiger partial charge in [-0.25, -0.2) is 5.01 Å². The SMILES string of the molecule is CCOC(=O)C1CCN(CC(=O)N2N=C(c3ccc(C)cc3C)CC2c2ccc3c(c2)OCO3)CC1. The molecule has 0 N–H and O–H groups in total. The Kier molecular flexibility index (Phi) is 6.96. The highest BCUT2D eigenvalue weighted by molar-refractivity contribution is 6.04. The highest BCUT2D eigenvalue weighted by Crippen LogP contribution is 2.39. The van der Waals surface area contributed by atoms with Gasteiger partial charge < -0.3 is 14.2 Å². The number of amides is 1. The number of piperidine rings is 1. The number of hydrogen-bond donors (Lipinski definition) is 0. The van der Waals surface area contributed by atoms with Crippen molar-refractivity contribution < 1.29 is 23.8 Å². The molecule has 0 aliphatic carbocycles. The van der Waals surface area contributed by atoms with Gasteiger partial charge in [-0.2, -0.15) is 5.10 Å². The lowest BCUT2D eigenvalue weighted by atomic mass is 9.95. The second-order valence-electron chi connectivity index (χ2n) is 9.74. The summed E-state index contributed by atoms with van der Waals surface area (Å²) < 4.78 is 16.3. The van der Waals surface area contributed by atoms with Crippen LogP contribution in [0.2, 0.25) is 0 Å². The molecule has 1 unspecified atom stereocenters. The van der Waals surface area contributed by atoms with Crippen LogP contribution in [0.5, 0.6) is 11.5 Å². The molecule has 1 saturated heterocycles. The Morgan fingerprint density at radius 3 is 2.58 bits per heavy atom. The molecule has 3 aliphatic heterocycles. The number of aryl methyl sites for hydroxylation is 2. The molecule has 1 atom stereocenters. The Morgan fingerprint density at radius 1 is 1.06 bits per heavy atom. The lowest BCUT2D eigenvalue weighted by molar-refractivity contribution is -0.149. The minimum absolute atomic E-state index is 0.0491. The summed E-state index contributed by atoms with van der Waals surface area (Å²) in [5.74, 6) is 1.15. The third kappa shape index (κ3) is 4.95. The zero-order chi connectivity index (χ0) is 25.2. The molecule has 190 valence electrons. The van der Waals surface area contributed by atoms with Crippen molar-refractivity contribution in [3.63, 3.8) is 0 Å². The summed E-state index contributed by atoms with van der Waals surface area (Å²) in [6.07, 6.45) is 2.03. The van der Waals surface area contributed by atoms with Crippen LogP contribution in [0.15, 0.2) is 41.5 Å². The van der Waals surface area contributed by atoms with Gasteiger partial charge >= 0.3 is 5.97 Å². The van der Waals surface area contributed by atoms with Crippen LogP contribution in [0.3, 0.4) is 0 Å². The fraction of sp³-hybridized carbons (Fsp3) is 0.464. The molecule has 0 radical (unpaired) electrons. The van der Waals surface area contributed by atoms with Crippen molar-refractivity contribution in [2.45, 2.75) is 46.1 Å². The summed E-state index contributed by atoms with van der Waals surface area (Å²) in [5.41, 5.74) is 5.29. The fourth-order valence-corrected chi connectivity index (χ4v) is 5.27. The molecule has 3 aliphatic rings. The molecule has 8 nitrogen and oxygen atoms in total. The first-order valence-electron chi connectivity index (χ1n) is 12.7.